The molecular formula is C19H28N4O2. The molecule has 1 aliphatic heterocycles. The number of hydrogen-bond donors (Lipinski definition) is 2. The van der Waals surface area contributed by atoms with Gasteiger partial charge in [-0.3, -0.25) is 14.6 Å². The fourth-order valence-corrected chi connectivity index (χ4v) is 4.69. The minimum Gasteiger partial charge on any atom is -0.351 e. The molecule has 136 valence electrons. The summed E-state index contributed by atoms with van der Waals surface area (Å²) in [5.41, 5.74) is 0.600. The fraction of sp³-hybridized carbons (Fsp3) is 0.737. The predicted molar refractivity (Wildman–Crippen MR) is 96.5 cm³/mol. The Balaban J connectivity index is 1.29. The van der Waals surface area contributed by atoms with Crippen LogP contribution >= 0.6 is 0 Å². The molecule has 3 unspecified atom stereocenters. The first-order valence-corrected chi connectivity index (χ1v) is 9.73. The van der Waals surface area contributed by atoms with Crippen LogP contribution in [0.3, 0.4) is 0 Å². The number of hydrogen-bond acceptors (Lipinski definition) is 4. The van der Waals surface area contributed by atoms with E-state index in [1.165, 1.54) is 38.2 Å². The van der Waals surface area contributed by atoms with Crippen molar-refractivity contribution >= 4 is 11.9 Å². The van der Waals surface area contributed by atoms with Crippen LogP contribution in [0.25, 0.3) is 0 Å². The minimum absolute atomic E-state index is 0.122. The van der Waals surface area contributed by atoms with Gasteiger partial charge < -0.3 is 10.2 Å². The Morgan fingerprint density at radius 1 is 1.28 bits per heavy atom. The highest BCUT2D eigenvalue weighted by molar-refractivity contribution is 5.82. The van der Waals surface area contributed by atoms with Crippen molar-refractivity contribution in [3.8, 4) is 0 Å². The highest BCUT2D eigenvalue weighted by atomic mass is 16.2. The number of nitrogens with zero attached hydrogens (tertiary/aromatic N) is 2. The van der Waals surface area contributed by atoms with Crippen molar-refractivity contribution in [3.63, 3.8) is 0 Å². The van der Waals surface area contributed by atoms with E-state index < -0.39 is 0 Å². The van der Waals surface area contributed by atoms with Gasteiger partial charge >= 0.3 is 0 Å². The predicted octanol–water partition coefficient (Wildman–Crippen LogP) is 1.99. The van der Waals surface area contributed by atoms with Crippen LogP contribution in [0.5, 0.6) is 0 Å². The second-order valence-electron chi connectivity index (χ2n) is 8.05. The lowest BCUT2D eigenvalue weighted by Crippen LogP contribution is -2.39. The molecule has 3 atom stereocenters. The summed E-state index contributed by atoms with van der Waals surface area (Å²) >= 11 is 0. The van der Waals surface area contributed by atoms with Crippen LogP contribution in [0.15, 0.2) is 10.9 Å². The van der Waals surface area contributed by atoms with Gasteiger partial charge in [-0.05, 0) is 31.6 Å². The number of aryl methyl sites for hydroxylation is 1. The van der Waals surface area contributed by atoms with E-state index in [0.29, 0.717) is 11.9 Å². The van der Waals surface area contributed by atoms with E-state index in [9.17, 15) is 9.59 Å². The zero-order chi connectivity index (χ0) is 17.4. The van der Waals surface area contributed by atoms with E-state index >= 15 is 0 Å². The Hall–Kier alpha value is -1.85. The average Bonchev–Trinajstić information content (AvgIpc) is 3.27. The Bertz CT molecular complexity index is 695. The quantitative estimate of drug-likeness (QED) is 0.876. The summed E-state index contributed by atoms with van der Waals surface area (Å²) in [6, 6.07) is 1.66. The molecule has 1 aromatic heterocycles. The third kappa shape index (κ3) is 3.72. The first kappa shape index (κ1) is 16.6. The van der Waals surface area contributed by atoms with E-state index in [1.807, 2.05) is 6.92 Å². The number of aromatic nitrogens is 2. The normalized spacial score (nSPS) is 29.6. The van der Waals surface area contributed by atoms with Crippen LogP contribution in [0.4, 0.5) is 5.95 Å². The van der Waals surface area contributed by atoms with Crippen LogP contribution in [-0.4, -0.2) is 35.0 Å². The van der Waals surface area contributed by atoms with Crippen molar-refractivity contribution in [1.29, 1.82) is 0 Å². The van der Waals surface area contributed by atoms with Gasteiger partial charge in [-0.25, -0.2) is 4.98 Å². The molecular weight excluding hydrogens is 316 g/mol. The molecule has 0 aromatic carbocycles. The highest BCUT2D eigenvalue weighted by Crippen LogP contribution is 2.49. The summed E-state index contributed by atoms with van der Waals surface area (Å²) in [5, 5.41) is 3.24. The van der Waals surface area contributed by atoms with Gasteiger partial charge in [0.25, 0.3) is 5.56 Å². The Kier molecular flexibility index (Phi) is 4.52. The van der Waals surface area contributed by atoms with Gasteiger partial charge in [0, 0.05) is 36.8 Å². The summed E-state index contributed by atoms with van der Waals surface area (Å²) in [5.74, 6) is 2.52. The number of anilines is 1. The number of nitrogens with one attached hydrogen (secondary N) is 2. The summed E-state index contributed by atoms with van der Waals surface area (Å²) < 4.78 is 0. The van der Waals surface area contributed by atoms with Crippen molar-refractivity contribution in [2.45, 2.75) is 57.9 Å². The van der Waals surface area contributed by atoms with E-state index in [-0.39, 0.29) is 23.4 Å². The molecule has 1 aromatic rings. The summed E-state index contributed by atoms with van der Waals surface area (Å²) in [6.07, 6.45) is 8.68. The third-order valence-electron chi connectivity index (χ3n) is 6.12. The molecule has 6 nitrogen and oxygen atoms in total. The average molecular weight is 344 g/mol. The van der Waals surface area contributed by atoms with Crippen LogP contribution in [0.1, 0.15) is 50.6 Å². The van der Waals surface area contributed by atoms with E-state index in [0.717, 1.165) is 37.5 Å². The Morgan fingerprint density at radius 3 is 2.84 bits per heavy atom. The lowest BCUT2D eigenvalue weighted by Gasteiger charge is -2.22. The summed E-state index contributed by atoms with van der Waals surface area (Å²) in [4.78, 5) is 33.4. The van der Waals surface area contributed by atoms with Gasteiger partial charge in [0.15, 0.2) is 0 Å². The maximum Gasteiger partial charge on any atom is 0.252 e. The van der Waals surface area contributed by atoms with E-state index in [4.69, 9.17) is 0 Å². The van der Waals surface area contributed by atoms with E-state index in [2.05, 4.69) is 20.2 Å². The third-order valence-corrected chi connectivity index (χ3v) is 6.12. The molecule has 3 aliphatic rings. The first-order chi connectivity index (χ1) is 12.1. The van der Waals surface area contributed by atoms with Gasteiger partial charge in [-0.1, -0.05) is 32.1 Å². The van der Waals surface area contributed by atoms with Crippen molar-refractivity contribution in [1.82, 2.24) is 15.3 Å². The van der Waals surface area contributed by atoms with Gasteiger partial charge in [-0.15, -0.1) is 0 Å². The highest BCUT2D eigenvalue weighted by Gasteiger charge is 2.47. The van der Waals surface area contributed by atoms with Crippen LogP contribution in [-0.2, 0) is 4.79 Å². The molecule has 1 saturated heterocycles. The molecule has 2 saturated carbocycles. The molecule has 0 radical (unpaired) electrons. The van der Waals surface area contributed by atoms with Crippen LogP contribution in [0.2, 0.25) is 0 Å². The standard InChI is InChI=1S/C19H28N4O2/c1-12-9-17(24)22-19(20-12)23-8-7-14(11-23)21-18(25)16-10-15(16)13-5-3-2-4-6-13/h9,13-16H,2-8,10-11H2,1H3,(H,21,25)(H,20,22,24). The fourth-order valence-electron chi connectivity index (χ4n) is 4.69. The molecule has 4 rings (SSSR count). The zero-order valence-corrected chi connectivity index (χ0v) is 15.0. The second kappa shape index (κ2) is 6.81. The largest absolute Gasteiger partial charge is 0.351 e. The number of H-pyrrole nitrogens is 1. The number of carbonyl (C=O) groups is 1. The van der Waals surface area contributed by atoms with Crippen LogP contribution in [0, 0.1) is 24.7 Å². The zero-order valence-electron chi connectivity index (χ0n) is 15.0. The smallest absolute Gasteiger partial charge is 0.252 e. The van der Waals surface area contributed by atoms with Gasteiger partial charge in [0.05, 0.1) is 0 Å². The Morgan fingerprint density at radius 2 is 2.08 bits per heavy atom. The molecule has 3 fully saturated rings. The number of carbonyl (C=O) groups excluding carboxylic acids is 1. The van der Waals surface area contributed by atoms with Crippen molar-refractivity contribution in [2.24, 2.45) is 17.8 Å². The molecule has 0 spiro atoms. The molecule has 1 amide bonds. The maximum absolute atomic E-state index is 12.6. The molecule has 0 bridgehead atoms. The number of aromatic amines is 1. The second-order valence-corrected chi connectivity index (χ2v) is 8.05. The summed E-state index contributed by atoms with van der Waals surface area (Å²) in [6.45, 7) is 3.36. The molecule has 2 N–H and O–H groups in total. The molecule has 2 aliphatic carbocycles. The topological polar surface area (TPSA) is 78.1 Å². The number of rotatable bonds is 4. The summed E-state index contributed by atoms with van der Waals surface area (Å²) in [7, 11) is 0. The first-order valence-electron chi connectivity index (χ1n) is 9.73. The lowest BCUT2D eigenvalue weighted by atomic mass is 9.85. The lowest BCUT2D eigenvalue weighted by molar-refractivity contribution is -0.123. The Labute approximate surface area is 148 Å². The SMILES string of the molecule is Cc1cc(=O)[nH]c(N2CCC(NC(=O)C3CC3C3CCCCC3)C2)n1. The monoisotopic (exact) mass is 344 g/mol. The molecule has 2 heterocycles. The van der Waals surface area contributed by atoms with E-state index in [1.54, 1.807) is 0 Å². The number of amides is 1. The van der Waals surface area contributed by atoms with Gasteiger partial charge in [-0.2, -0.15) is 0 Å². The molecule has 6 heteroatoms. The van der Waals surface area contributed by atoms with Crippen LogP contribution < -0.4 is 15.8 Å². The minimum atomic E-state index is -0.122. The van der Waals surface area contributed by atoms with Gasteiger partial charge in [0.2, 0.25) is 11.9 Å². The molecule has 25 heavy (non-hydrogen) atoms. The van der Waals surface area contributed by atoms with Gasteiger partial charge in [0.1, 0.15) is 0 Å². The van der Waals surface area contributed by atoms with Crippen molar-refractivity contribution < 1.29 is 4.79 Å². The van der Waals surface area contributed by atoms with Crippen molar-refractivity contribution in [3.05, 3.63) is 22.1 Å². The maximum atomic E-state index is 12.6. The van der Waals surface area contributed by atoms with Crippen molar-refractivity contribution in [2.75, 3.05) is 18.0 Å².